The predicted molar refractivity (Wildman–Crippen MR) is 98.5 cm³/mol. The smallest absolute Gasteiger partial charge is 0.405 e. The van der Waals surface area contributed by atoms with Crippen molar-refractivity contribution in [2.45, 2.75) is 46.3 Å². The first-order valence-corrected chi connectivity index (χ1v) is 8.62. The van der Waals surface area contributed by atoms with Crippen molar-refractivity contribution < 1.29 is 14.3 Å². The van der Waals surface area contributed by atoms with Gasteiger partial charge in [0.05, 0.1) is 6.10 Å². The van der Waals surface area contributed by atoms with Crippen LogP contribution < -0.4 is 10.5 Å². The van der Waals surface area contributed by atoms with Crippen molar-refractivity contribution in [3.63, 3.8) is 0 Å². The van der Waals surface area contributed by atoms with Crippen molar-refractivity contribution in [2.75, 3.05) is 0 Å². The van der Waals surface area contributed by atoms with E-state index in [4.69, 9.17) is 15.2 Å². The van der Waals surface area contributed by atoms with Gasteiger partial charge in [-0.3, -0.25) is 0 Å². The second kappa shape index (κ2) is 6.43. The van der Waals surface area contributed by atoms with Crippen LogP contribution in [0, 0.1) is 5.41 Å². The summed E-state index contributed by atoms with van der Waals surface area (Å²) in [7, 11) is 0. The summed E-state index contributed by atoms with van der Waals surface area (Å²) in [6, 6.07) is 14.4. The lowest BCUT2D eigenvalue weighted by molar-refractivity contribution is 0.0392. The van der Waals surface area contributed by atoms with Gasteiger partial charge in [0, 0.05) is 5.41 Å². The predicted octanol–water partition coefficient (Wildman–Crippen LogP) is 4.86. The van der Waals surface area contributed by atoms with Gasteiger partial charge < -0.3 is 15.2 Å². The van der Waals surface area contributed by atoms with E-state index in [0.29, 0.717) is 0 Å². The van der Waals surface area contributed by atoms with E-state index in [1.165, 1.54) is 5.56 Å². The molecule has 0 aromatic heterocycles. The Balaban J connectivity index is 1.94. The largest absolute Gasteiger partial charge is 0.491 e. The number of benzene rings is 2. The molecule has 0 radical (unpaired) electrons. The maximum absolute atomic E-state index is 11.3. The first kappa shape index (κ1) is 17.3. The highest BCUT2D eigenvalue weighted by molar-refractivity contribution is 5.68. The minimum absolute atomic E-state index is 0.141. The maximum Gasteiger partial charge on any atom is 0.405 e. The average molecular weight is 339 g/mol. The molecule has 0 aliphatic heterocycles. The summed E-state index contributed by atoms with van der Waals surface area (Å²) >= 11 is 0. The van der Waals surface area contributed by atoms with Crippen LogP contribution in [0.1, 0.15) is 44.9 Å². The number of rotatable bonds is 4. The highest BCUT2D eigenvalue weighted by Crippen LogP contribution is 2.48. The van der Waals surface area contributed by atoms with E-state index >= 15 is 0 Å². The van der Waals surface area contributed by atoms with E-state index in [2.05, 4.69) is 38.1 Å². The molecule has 1 aliphatic carbocycles. The van der Waals surface area contributed by atoms with Gasteiger partial charge in [-0.05, 0) is 54.7 Å². The molecule has 3 rings (SSSR count). The molecule has 0 saturated carbocycles. The number of nitrogens with two attached hydrogens (primary N) is 1. The van der Waals surface area contributed by atoms with Crippen molar-refractivity contribution in [2.24, 2.45) is 11.1 Å². The molecular weight excluding hydrogens is 314 g/mol. The summed E-state index contributed by atoms with van der Waals surface area (Å²) in [5, 5.41) is 0. The van der Waals surface area contributed by atoms with Gasteiger partial charge >= 0.3 is 6.09 Å². The van der Waals surface area contributed by atoms with Crippen LogP contribution in [0.3, 0.4) is 0 Å². The Kier molecular flexibility index (Phi) is 4.46. The van der Waals surface area contributed by atoms with Crippen molar-refractivity contribution in [1.82, 2.24) is 0 Å². The summed E-state index contributed by atoms with van der Waals surface area (Å²) < 4.78 is 11.2. The normalized spacial score (nSPS) is 18.0. The molecule has 0 bridgehead atoms. The zero-order valence-electron chi connectivity index (χ0n) is 15.2. The van der Waals surface area contributed by atoms with Gasteiger partial charge in [-0.1, -0.05) is 44.2 Å². The quantitative estimate of drug-likeness (QED) is 0.865. The van der Waals surface area contributed by atoms with Gasteiger partial charge in [-0.15, -0.1) is 0 Å². The number of fused-ring (bicyclic) bond motifs is 1. The Bertz CT molecular complexity index is 795. The summed E-state index contributed by atoms with van der Waals surface area (Å²) in [6.07, 6.45) is -0.0444. The molecule has 1 amide bonds. The van der Waals surface area contributed by atoms with Gasteiger partial charge in [-0.25, -0.2) is 4.79 Å². The van der Waals surface area contributed by atoms with E-state index in [1.54, 1.807) is 0 Å². The van der Waals surface area contributed by atoms with Crippen molar-refractivity contribution in [1.29, 1.82) is 0 Å². The Morgan fingerprint density at radius 1 is 1.16 bits per heavy atom. The van der Waals surface area contributed by atoms with E-state index < -0.39 is 6.09 Å². The van der Waals surface area contributed by atoms with Crippen LogP contribution in [0.25, 0.3) is 11.1 Å². The molecule has 2 N–H and O–H groups in total. The zero-order valence-corrected chi connectivity index (χ0v) is 15.2. The van der Waals surface area contributed by atoms with E-state index in [0.717, 1.165) is 28.9 Å². The fourth-order valence-corrected chi connectivity index (χ4v) is 3.56. The van der Waals surface area contributed by atoms with Gasteiger partial charge in [-0.2, -0.15) is 0 Å². The number of hydrogen-bond donors (Lipinski definition) is 1. The van der Waals surface area contributed by atoms with Gasteiger partial charge in [0.2, 0.25) is 0 Å². The number of ether oxygens (including phenoxy) is 2. The number of primary amides is 1. The monoisotopic (exact) mass is 339 g/mol. The van der Waals surface area contributed by atoms with Crippen LogP contribution in [0.15, 0.2) is 42.5 Å². The molecule has 2 aromatic rings. The molecule has 4 heteroatoms. The van der Waals surface area contributed by atoms with Crippen LogP contribution in [0.2, 0.25) is 0 Å². The highest BCUT2D eigenvalue weighted by Gasteiger charge is 2.41. The molecular formula is C21H25NO3. The third-order valence-corrected chi connectivity index (χ3v) is 4.55. The van der Waals surface area contributed by atoms with Gasteiger partial charge in [0.25, 0.3) is 0 Å². The Hall–Kier alpha value is -2.49. The first-order valence-electron chi connectivity index (χ1n) is 8.62. The summed E-state index contributed by atoms with van der Waals surface area (Å²) in [5.74, 6) is 0.864. The summed E-state index contributed by atoms with van der Waals surface area (Å²) in [5.41, 5.74) is 9.56. The lowest BCUT2D eigenvalue weighted by Gasteiger charge is -2.26. The first-order chi connectivity index (χ1) is 11.8. The molecule has 1 aliphatic rings. The highest BCUT2D eigenvalue weighted by atomic mass is 16.6. The van der Waals surface area contributed by atoms with Crippen molar-refractivity contribution in [3.8, 4) is 16.9 Å². The molecule has 25 heavy (non-hydrogen) atoms. The minimum Gasteiger partial charge on any atom is -0.491 e. The van der Waals surface area contributed by atoms with E-state index in [9.17, 15) is 4.79 Å². The molecule has 4 nitrogen and oxygen atoms in total. The van der Waals surface area contributed by atoms with Crippen LogP contribution in [0.5, 0.6) is 5.75 Å². The second-order valence-corrected chi connectivity index (χ2v) is 7.59. The SMILES string of the molecule is CC(C)Oc1cccc(-c2ccc3c(c2)CC(C)(C)C3OC(N)=O)c1. The average Bonchev–Trinajstić information content (AvgIpc) is 2.76. The number of amides is 1. The topological polar surface area (TPSA) is 61.6 Å². The summed E-state index contributed by atoms with van der Waals surface area (Å²) in [4.78, 5) is 11.3. The van der Waals surface area contributed by atoms with Crippen molar-refractivity contribution in [3.05, 3.63) is 53.6 Å². The molecule has 132 valence electrons. The molecule has 0 fully saturated rings. The maximum atomic E-state index is 11.3. The van der Waals surface area contributed by atoms with Crippen LogP contribution >= 0.6 is 0 Å². The standard InChI is InChI=1S/C21H25NO3/c1-13(2)24-17-7-5-6-14(11-17)15-8-9-18-16(10-15)12-21(3,4)19(18)25-20(22)23/h5-11,13,19H,12H2,1-4H3,(H2,22,23). The lowest BCUT2D eigenvalue weighted by Crippen LogP contribution is -2.25. The molecule has 1 atom stereocenters. The van der Waals surface area contributed by atoms with E-state index in [1.807, 2.05) is 32.0 Å². The molecule has 1 unspecified atom stereocenters. The van der Waals surface area contributed by atoms with Gasteiger partial charge in [0.15, 0.2) is 0 Å². The fourth-order valence-electron chi connectivity index (χ4n) is 3.56. The van der Waals surface area contributed by atoms with Crippen molar-refractivity contribution >= 4 is 6.09 Å². The molecule has 0 spiro atoms. The number of carbonyl (C=O) groups is 1. The number of carbonyl (C=O) groups excluding carboxylic acids is 1. The fraction of sp³-hybridized carbons (Fsp3) is 0.381. The van der Waals surface area contributed by atoms with Gasteiger partial charge in [0.1, 0.15) is 11.9 Å². The summed E-state index contributed by atoms with van der Waals surface area (Å²) in [6.45, 7) is 8.22. The van der Waals surface area contributed by atoms with E-state index in [-0.39, 0.29) is 17.6 Å². The minimum atomic E-state index is -0.728. The zero-order chi connectivity index (χ0) is 18.2. The molecule has 2 aromatic carbocycles. The molecule has 0 saturated heterocycles. The lowest BCUT2D eigenvalue weighted by atomic mass is 9.87. The Morgan fingerprint density at radius 2 is 1.88 bits per heavy atom. The van der Waals surface area contributed by atoms with Crippen LogP contribution in [0.4, 0.5) is 4.79 Å². The third-order valence-electron chi connectivity index (χ3n) is 4.55. The Morgan fingerprint density at radius 3 is 2.56 bits per heavy atom. The van der Waals surface area contributed by atoms with Crippen LogP contribution in [-0.4, -0.2) is 12.2 Å². The number of hydrogen-bond acceptors (Lipinski definition) is 3. The second-order valence-electron chi connectivity index (χ2n) is 7.59. The molecule has 0 heterocycles. The Labute approximate surface area is 148 Å². The van der Waals surface area contributed by atoms with Crippen LogP contribution in [-0.2, 0) is 11.2 Å². The third kappa shape index (κ3) is 3.63.